The van der Waals surface area contributed by atoms with Crippen LogP contribution in [0.3, 0.4) is 0 Å². The standard InChI is InChI=1S/C19H28N4O2/c1-21(2)16-6-4-5-15(13-16)18(25)23-12-11-22(3)19(14-23)8-7-17(24)20-10-9-19/h4-6,13H,7-12,14H2,1-3H3,(H,20,24)/t19-/m1/s1. The zero-order valence-corrected chi connectivity index (χ0v) is 15.4. The van der Waals surface area contributed by atoms with E-state index in [1.807, 2.05) is 48.2 Å². The largest absolute Gasteiger partial charge is 0.378 e. The van der Waals surface area contributed by atoms with Crippen LogP contribution in [0.15, 0.2) is 24.3 Å². The SMILES string of the molecule is CN(C)c1cccc(C(=O)N2CCN(C)[C@]3(CCNC(=O)CC3)C2)c1. The van der Waals surface area contributed by atoms with Crippen molar-refractivity contribution in [3.63, 3.8) is 0 Å². The van der Waals surface area contributed by atoms with E-state index in [-0.39, 0.29) is 17.4 Å². The van der Waals surface area contributed by atoms with Gasteiger partial charge in [0, 0.05) is 63.5 Å². The van der Waals surface area contributed by atoms with E-state index in [1.165, 1.54) is 0 Å². The minimum absolute atomic E-state index is 0.0831. The summed E-state index contributed by atoms with van der Waals surface area (Å²) in [6, 6.07) is 7.78. The van der Waals surface area contributed by atoms with Crippen molar-refractivity contribution in [3.8, 4) is 0 Å². The molecule has 1 atom stereocenters. The van der Waals surface area contributed by atoms with Gasteiger partial charge in [0.05, 0.1) is 0 Å². The number of hydrogen-bond acceptors (Lipinski definition) is 4. The molecule has 25 heavy (non-hydrogen) atoms. The minimum Gasteiger partial charge on any atom is -0.378 e. The van der Waals surface area contributed by atoms with Crippen LogP contribution in [0.4, 0.5) is 5.69 Å². The molecule has 3 rings (SSSR count). The Hall–Kier alpha value is -2.08. The molecule has 6 nitrogen and oxygen atoms in total. The lowest BCUT2D eigenvalue weighted by Crippen LogP contribution is -2.62. The molecule has 2 saturated heterocycles. The molecular formula is C19H28N4O2. The molecule has 0 aromatic heterocycles. The van der Waals surface area contributed by atoms with Gasteiger partial charge in [-0.15, -0.1) is 0 Å². The van der Waals surface area contributed by atoms with Crippen molar-refractivity contribution in [2.24, 2.45) is 0 Å². The van der Waals surface area contributed by atoms with Gasteiger partial charge < -0.3 is 15.1 Å². The number of nitrogens with zero attached hydrogens (tertiary/aromatic N) is 3. The van der Waals surface area contributed by atoms with Gasteiger partial charge in [0.25, 0.3) is 5.91 Å². The summed E-state index contributed by atoms with van der Waals surface area (Å²) in [5.41, 5.74) is 1.65. The Morgan fingerprint density at radius 3 is 2.80 bits per heavy atom. The van der Waals surface area contributed by atoms with Crippen LogP contribution < -0.4 is 10.2 Å². The van der Waals surface area contributed by atoms with Gasteiger partial charge >= 0.3 is 0 Å². The summed E-state index contributed by atoms with van der Waals surface area (Å²) in [4.78, 5) is 31.1. The van der Waals surface area contributed by atoms with Gasteiger partial charge in [0.1, 0.15) is 0 Å². The lowest BCUT2D eigenvalue weighted by atomic mass is 9.86. The molecule has 2 aliphatic heterocycles. The molecule has 0 bridgehead atoms. The summed E-state index contributed by atoms with van der Waals surface area (Å²) in [6.45, 7) is 2.93. The van der Waals surface area contributed by atoms with E-state index in [0.29, 0.717) is 19.5 Å². The summed E-state index contributed by atoms with van der Waals surface area (Å²) in [7, 11) is 6.07. The first-order valence-corrected chi connectivity index (χ1v) is 8.96. The molecule has 2 heterocycles. The van der Waals surface area contributed by atoms with Crippen molar-refractivity contribution in [1.82, 2.24) is 15.1 Å². The molecule has 0 saturated carbocycles. The molecule has 0 aliphatic carbocycles. The first-order chi connectivity index (χ1) is 11.9. The second-order valence-corrected chi connectivity index (χ2v) is 7.42. The van der Waals surface area contributed by atoms with Crippen LogP contribution >= 0.6 is 0 Å². The van der Waals surface area contributed by atoms with Gasteiger partial charge in [0.15, 0.2) is 0 Å². The predicted molar refractivity (Wildman–Crippen MR) is 98.9 cm³/mol. The number of hydrogen-bond donors (Lipinski definition) is 1. The van der Waals surface area contributed by atoms with Crippen LogP contribution in [-0.4, -0.2) is 74.5 Å². The van der Waals surface area contributed by atoms with Crippen LogP contribution in [0, 0.1) is 0 Å². The summed E-state index contributed by atoms with van der Waals surface area (Å²) in [6.07, 6.45) is 2.22. The fraction of sp³-hybridized carbons (Fsp3) is 0.579. The maximum Gasteiger partial charge on any atom is 0.254 e. The third-order valence-electron chi connectivity index (χ3n) is 5.63. The van der Waals surface area contributed by atoms with Gasteiger partial charge in [-0.1, -0.05) is 6.07 Å². The van der Waals surface area contributed by atoms with Crippen molar-refractivity contribution in [2.45, 2.75) is 24.8 Å². The van der Waals surface area contributed by atoms with E-state index in [9.17, 15) is 9.59 Å². The second-order valence-electron chi connectivity index (χ2n) is 7.42. The molecule has 1 aromatic carbocycles. The Morgan fingerprint density at radius 2 is 2.04 bits per heavy atom. The lowest BCUT2D eigenvalue weighted by molar-refractivity contribution is -0.121. The van der Waals surface area contributed by atoms with Crippen molar-refractivity contribution in [1.29, 1.82) is 0 Å². The minimum atomic E-state index is -0.105. The summed E-state index contributed by atoms with van der Waals surface area (Å²) in [5, 5.41) is 2.96. The number of benzene rings is 1. The summed E-state index contributed by atoms with van der Waals surface area (Å²) < 4.78 is 0. The third-order valence-corrected chi connectivity index (χ3v) is 5.63. The average molecular weight is 344 g/mol. The van der Waals surface area contributed by atoms with Gasteiger partial charge in [0.2, 0.25) is 5.91 Å². The molecular weight excluding hydrogens is 316 g/mol. The molecule has 1 spiro atoms. The average Bonchev–Trinajstić information content (AvgIpc) is 2.79. The normalized spacial score (nSPS) is 24.8. The van der Waals surface area contributed by atoms with E-state index >= 15 is 0 Å². The van der Waals surface area contributed by atoms with E-state index in [1.54, 1.807) is 0 Å². The van der Waals surface area contributed by atoms with Gasteiger partial charge in [-0.2, -0.15) is 0 Å². The first kappa shape index (κ1) is 17.7. The van der Waals surface area contributed by atoms with E-state index < -0.39 is 0 Å². The van der Waals surface area contributed by atoms with Gasteiger partial charge in [-0.25, -0.2) is 0 Å². The number of carbonyl (C=O) groups is 2. The molecule has 2 aliphatic rings. The predicted octanol–water partition coefficient (Wildman–Crippen LogP) is 1.18. The molecule has 2 fully saturated rings. The zero-order chi connectivity index (χ0) is 18.0. The van der Waals surface area contributed by atoms with Crippen LogP contribution in [0.5, 0.6) is 0 Å². The van der Waals surface area contributed by atoms with Crippen LogP contribution in [0.25, 0.3) is 0 Å². The Bertz CT molecular complexity index is 661. The van der Waals surface area contributed by atoms with Crippen molar-refractivity contribution in [2.75, 3.05) is 52.2 Å². The molecule has 2 amide bonds. The topological polar surface area (TPSA) is 55.9 Å². The number of likely N-dealkylation sites (N-methyl/N-ethyl adjacent to an activating group) is 1. The number of carbonyl (C=O) groups excluding carboxylic acids is 2. The number of rotatable bonds is 2. The molecule has 1 N–H and O–H groups in total. The first-order valence-electron chi connectivity index (χ1n) is 8.96. The highest BCUT2D eigenvalue weighted by molar-refractivity contribution is 5.95. The van der Waals surface area contributed by atoms with E-state index in [2.05, 4.69) is 17.3 Å². The zero-order valence-electron chi connectivity index (χ0n) is 15.4. The Morgan fingerprint density at radius 1 is 1.24 bits per heavy atom. The number of nitrogens with one attached hydrogen (secondary N) is 1. The van der Waals surface area contributed by atoms with Crippen molar-refractivity contribution in [3.05, 3.63) is 29.8 Å². The number of amides is 2. The van der Waals surface area contributed by atoms with Crippen molar-refractivity contribution < 1.29 is 9.59 Å². The Kier molecular flexibility index (Phi) is 4.99. The van der Waals surface area contributed by atoms with Gasteiger partial charge in [-0.3, -0.25) is 14.5 Å². The monoisotopic (exact) mass is 344 g/mol. The number of piperazine rings is 1. The van der Waals surface area contributed by atoms with E-state index in [4.69, 9.17) is 0 Å². The summed E-state index contributed by atoms with van der Waals surface area (Å²) in [5.74, 6) is 0.201. The highest BCUT2D eigenvalue weighted by Gasteiger charge is 2.42. The highest BCUT2D eigenvalue weighted by atomic mass is 16.2. The quantitative estimate of drug-likeness (QED) is 0.875. The molecule has 1 aromatic rings. The maximum atomic E-state index is 13.1. The summed E-state index contributed by atoms with van der Waals surface area (Å²) >= 11 is 0. The Balaban J connectivity index is 1.79. The fourth-order valence-corrected chi connectivity index (χ4v) is 3.87. The Labute approximate surface area is 149 Å². The molecule has 136 valence electrons. The lowest BCUT2D eigenvalue weighted by Gasteiger charge is -2.49. The van der Waals surface area contributed by atoms with Crippen LogP contribution in [0.1, 0.15) is 29.6 Å². The van der Waals surface area contributed by atoms with Crippen molar-refractivity contribution >= 4 is 17.5 Å². The van der Waals surface area contributed by atoms with E-state index in [0.717, 1.165) is 37.2 Å². The third kappa shape index (κ3) is 3.63. The maximum absolute atomic E-state index is 13.1. The molecule has 6 heteroatoms. The van der Waals surface area contributed by atoms with Crippen LogP contribution in [0.2, 0.25) is 0 Å². The van der Waals surface area contributed by atoms with Crippen LogP contribution in [-0.2, 0) is 4.79 Å². The smallest absolute Gasteiger partial charge is 0.254 e. The fourth-order valence-electron chi connectivity index (χ4n) is 3.87. The molecule has 0 unspecified atom stereocenters. The molecule has 0 radical (unpaired) electrons. The second kappa shape index (κ2) is 7.04. The highest BCUT2D eigenvalue weighted by Crippen LogP contribution is 2.31. The van der Waals surface area contributed by atoms with Gasteiger partial charge in [-0.05, 0) is 38.1 Å². The number of anilines is 1.